The zero-order chi connectivity index (χ0) is 21.4. The van der Waals surface area contributed by atoms with Crippen molar-refractivity contribution in [1.29, 1.82) is 0 Å². The van der Waals surface area contributed by atoms with Gasteiger partial charge in [-0.05, 0) is 30.5 Å². The standard InChI is InChI=1S/C23H21FN4O2S/c1-30-19-12-5-3-8-15(19)21-20-17(10-6-11-18(20)29)25-22-26-23(27-28(21)22)31-13-14-7-2-4-9-16(14)24/h2-5,7-9,12,21H,6,10-11,13H2,1H3,(H,25,26,27). The first kappa shape index (κ1) is 19.8. The lowest BCUT2D eigenvalue weighted by Gasteiger charge is -2.32. The molecule has 0 saturated carbocycles. The van der Waals surface area contributed by atoms with E-state index in [1.807, 2.05) is 30.3 Å². The molecular formula is C23H21FN4O2S. The summed E-state index contributed by atoms with van der Waals surface area (Å²) in [7, 11) is 1.62. The second kappa shape index (κ2) is 8.19. The molecule has 3 aromatic rings. The van der Waals surface area contributed by atoms with Crippen LogP contribution in [-0.4, -0.2) is 27.7 Å². The van der Waals surface area contributed by atoms with E-state index in [0.29, 0.717) is 34.6 Å². The molecule has 1 unspecified atom stereocenters. The van der Waals surface area contributed by atoms with Crippen molar-refractivity contribution in [3.63, 3.8) is 0 Å². The molecule has 0 saturated heterocycles. The molecule has 31 heavy (non-hydrogen) atoms. The van der Waals surface area contributed by atoms with E-state index >= 15 is 0 Å². The van der Waals surface area contributed by atoms with Gasteiger partial charge in [0.2, 0.25) is 11.1 Å². The van der Waals surface area contributed by atoms with Crippen molar-refractivity contribution in [2.75, 3.05) is 12.4 Å². The molecule has 1 aliphatic heterocycles. The average Bonchev–Trinajstić information content (AvgIpc) is 3.20. The monoisotopic (exact) mass is 436 g/mol. The Hall–Kier alpha value is -3.13. The highest BCUT2D eigenvalue weighted by Crippen LogP contribution is 2.43. The Kier molecular flexibility index (Phi) is 5.23. The number of allylic oxidation sites excluding steroid dienone is 2. The molecule has 0 fully saturated rings. The van der Waals surface area contributed by atoms with Gasteiger partial charge in [0.15, 0.2) is 5.78 Å². The molecule has 2 aliphatic rings. The summed E-state index contributed by atoms with van der Waals surface area (Å²) in [4.78, 5) is 17.6. The van der Waals surface area contributed by atoms with Crippen LogP contribution in [0.4, 0.5) is 10.3 Å². The van der Waals surface area contributed by atoms with E-state index in [1.165, 1.54) is 17.8 Å². The second-order valence-corrected chi connectivity index (χ2v) is 8.42. The molecule has 0 amide bonds. The first-order valence-corrected chi connectivity index (χ1v) is 11.1. The normalized spacial score (nSPS) is 17.7. The maximum Gasteiger partial charge on any atom is 0.227 e. The third-order valence-electron chi connectivity index (χ3n) is 5.60. The number of methoxy groups -OCH3 is 1. The number of ketones is 1. The Labute approximate surface area is 183 Å². The molecule has 5 rings (SSSR count). The number of hydrogen-bond acceptors (Lipinski definition) is 6. The topological polar surface area (TPSA) is 69.0 Å². The smallest absolute Gasteiger partial charge is 0.227 e. The van der Waals surface area contributed by atoms with Crippen LogP contribution >= 0.6 is 11.8 Å². The number of aromatic nitrogens is 3. The molecule has 8 heteroatoms. The van der Waals surface area contributed by atoms with Gasteiger partial charge >= 0.3 is 0 Å². The summed E-state index contributed by atoms with van der Waals surface area (Å²) in [5.74, 6) is 1.57. The number of anilines is 1. The summed E-state index contributed by atoms with van der Waals surface area (Å²) < 4.78 is 21.3. The van der Waals surface area contributed by atoms with E-state index in [2.05, 4.69) is 10.3 Å². The van der Waals surface area contributed by atoms with Crippen molar-refractivity contribution in [2.24, 2.45) is 0 Å². The number of thioether (sulfide) groups is 1. The van der Waals surface area contributed by atoms with Crippen LogP contribution in [-0.2, 0) is 10.5 Å². The Balaban J connectivity index is 1.54. The van der Waals surface area contributed by atoms with Gasteiger partial charge in [0.05, 0.1) is 7.11 Å². The number of nitrogens with zero attached hydrogens (tertiary/aromatic N) is 3. The van der Waals surface area contributed by atoms with Crippen molar-refractivity contribution >= 4 is 23.5 Å². The van der Waals surface area contributed by atoms with Gasteiger partial charge in [-0.2, -0.15) is 4.98 Å². The fraction of sp³-hybridized carbons (Fsp3) is 0.261. The zero-order valence-electron chi connectivity index (χ0n) is 17.0. The van der Waals surface area contributed by atoms with Gasteiger partial charge in [-0.1, -0.05) is 48.2 Å². The van der Waals surface area contributed by atoms with Crippen LogP contribution < -0.4 is 10.1 Å². The first-order chi connectivity index (χ1) is 15.2. The van der Waals surface area contributed by atoms with E-state index < -0.39 is 6.04 Å². The minimum absolute atomic E-state index is 0.117. The van der Waals surface area contributed by atoms with Gasteiger partial charge in [0.25, 0.3) is 0 Å². The minimum Gasteiger partial charge on any atom is -0.496 e. The number of Topliss-reactive ketones (excluding diaryl/α,β-unsaturated/α-hetero) is 1. The van der Waals surface area contributed by atoms with Crippen LogP contribution in [0.1, 0.15) is 36.4 Å². The van der Waals surface area contributed by atoms with Crippen LogP contribution in [0.15, 0.2) is 65.0 Å². The van der Waals surface area contributed by atoms with Crippen molar-refractivity contribution in [3.8, 4) is 5.75 Å². The van der Waals surface area contributed by atoms with Crippen molar-refractivity contribution in [1.82, 2.24) is 14.8 Å². The van der Waals surface area contributed by atoms with Gasteiger partial charge in [0.1, 0.15) is 17.6 Å². The third-order valence-corrected chi connectivity index (χ3v) is 6.48. The van der Waals surface area contributed by atoms with Crippen LogP contribution in [0.25, 0.3) is 0 Å². The fourth-order valence-electron chi connectivity index (χ4n) is 4.14. The molecule has 1 aliphatic carbocycles. The van der Waals surface area contributed by atoms with E-state index in [0.717, 1.165) is 29.7 Å². The van der Waals surface area contributed by atoms with E-state index in [4.69, 9.17) is 9.84 Å². The molecule has 0 bridgehead atoms. The predicted molar refractivity (Wildman–Crippen MR) is 117 cm³/mol. The number of fused-ring (bicyclic) bond motifs is 1. The summed E-state index contributed by atoms with van der Waals surface area (Å²) in [6.07, 6.45) is 2.12. The van der Waals surface area contributed by atoms with Gasteiger partial charge < -0.3 is 10.1 Å². The number of carbonyl (C=O) groups is 1. The Morgan fingerprint density at radius 3 is 2.84 bits per heavy atom. The SMILES string of the molecule is COc1ccccc1C1C2=C(CCCC2=O)Nc2nc(SCc3ccccc3F)nn21. The molecule has 6 nitrogen and oxygen atoms in total. The number of hydrogen-bond donors (Lipinski definition) is 1. The Morgan fingerprint density at radius 1 is 1.19 bits per heavy atom. The number of carbonyl (C=O) groups excluding carboxylic acids is 1. The summed E-state index contributed by atoms with van der Waals surface area (Å²) in [5, 5.41) is 8.54. The summed E-state index contributed by atoms with van der Waals surface area (Å²) in [5.41, 5.74) is 3.09. The molecule has 2 heterocycles. The number of ether oxygens (including phenoxy) is 1. The minimum atomic E-state index is -0.412. The quantitative estimate of drug-likeness (QED) is 0.583. The summed E-state index contributed by atoms with van der Waals surface area (Å²) >= 11 is 1.36. The van der Waals surface area contributed by atoms with Crippen LogP contribution in [0, 0.1) is 5.82 Å². The number of benzene rings is 2. The molecule has 1 N–H and O–H groups in total. The zero-order valence-corrected chi connectivity index (χ0v) is 17.8. The van der Waals surface area contributed by atoms with Gasteiger partial charge in [0, 0.05) is 29.0 Å². The van der Waals surface area contributed by atoms with E-state index in [-0.39, 0.29) is 11.6 Å². The molecule has 0 radical (unpaired) electrons. The largest absolute Gasteiger partial charge is 0.496 e. The lowest BCUT2D eigenvalue weighted by molar-refractivity contribution is -0.116. The van der Waals surface area contributed by atoms with Crippen LogP contribution in [0.2, 0.25) is 0 Å². The Morgan fingerprint density at radius 2 is 2.00 bits per heavy atom. The highest BCUT2D eigenvalue weighted by molar-refractivity contribution is 7.98. The molecule has 2 aromatic carbocycles. The fourth-order valence-corrected chi connectivity index (χ4v) is 4.95. The molecule has 158 valence electrons. The maximum atomic E-state index is 14.0. The van der Waals surface area contributed by atoms with Crippen molar-refractivity contribution < 1.29 is 13.9 Å². The van der Waals surface area contributed by atoms with Crippen molar-refractivity contribution in [3.05, 3.63) is 76.7 Å². The highest BCUT2D eigenvalue weighted by atomic mass is 32.2. The number of para-hydroxylation sites is 1. The lowest BCUT2D eigenvalue weighted by atomic mass is 9.85. The second-order valence-electron chi connectivity index (χ2n) is 7.48. The molecule has 0 spiro atoms. The van der Waals surface area contributed by atoms with Gasteiger partial charge in [-0.25, -0.2) is 9.07 Å². The Bertz CT molecular complexity index is 1190. The van der Waals surface area contributed by atoms with E-state index in [1.54, 1.807) is 23.9 Å². The van der Waals surface area contributed by atoms with Gasteiger partial charge in [-0.15, -0.1) is 5.10 Å². The third kappa shape index (κ3) is 3.61. The summed E-state index contributed by atoms with van der Waals surface area (Å²) in [6, 6.07) is 14.0. The van der Waals surface area contributed by atoms with Crippen molar-refractivity contribution in [2.45, 2.75) is 36.2 Å². The molecule has 1 aromatic heterocycles. The molecule has 1 atom stereocenters. The predicted octanol–water partition coefficient (Wildman–Crippen LogP) is 4.74. The van der Waals surface area contributed by atoms with Crippen LogP contribution in [0.5, 0.6) is 5.75 Å². The lowest BCUT2D eigenvalue weighted by Crippen LogP contribution is -2.31. The van der Waals surface area contributed by atoms with Crippen LogP contribution in [0.3, 0.4) is 0 Å². The maximum absolute atomic E-state index is 14.0. The highest BCUT2D eigenvalue weighted by Gasteiger charge is 2.38. The van der Waals surface area contributed by atoms with Gasteiger partial charge in [-0.3, -0.25) is 4.79 Å². The number of halogens is 1. The first-order valence-electron chi connectivity index (χ1n) is 10.1. The summed E-state index contributed by atoms with van der Waals surface area (Å²) in [6.45, 7) is 0. The number of nitrogens with one attached hydrogen (secondary N) is 1. The molecular weight excluding hydrogens is 415 g/mol. The van der Waals surface area contributed by atoms with E-state index in [9.17, 15) is 9.18 Å². The number of rotatable bonds is 5. The average molecular weight is 437 g/mol.